The van der Waals surface area contributed by atoms with Gasteiger partial charge < -0.3 is 9.84 Å². The summed E-state index contributed by atoms with van der Waals surface area (Å²) in [6.45, 7) is 2.60. The van der Waals surface area contributed by atoms with Crippen LogP contribution in [0.5, 0.6) is 0 Å². The second kappa shape index (κ2) is 5.61. The Labute approximate surface area is 107 Å². The molecule has 2 atom stereocenters. The van der Waals surface area contributed by atoms with E-state index in [0.717, 1.165) is 19.4 Å². The molecule has 0 aromatic heterocycles. The first kappa shape index (κ1) is 13.2. The van der Waals surface area contributed by atoms with Crippen LogP contribution < -0.4 is 0 Å². The van der Waals surface area contributed by atoms with Gasteiger partial charge in [-0.2, -0.15) is 0 Å². The minimum Gasteiger partial charge on any atom is -0.480 e. The van der Waals surface area contributed by atoms with Gasteiger partial charge in [0.15, 0.2) is 0 Å². The van der Waals surface area contributed by atoms with Crippen LogP contribution in [0.4, 0.5) is 0 Å². The first-order valence-electron chi connectivity index (χ1n) is 6.64. The van der Waals surface area contributed by atoms with Crippen molar-refractivity contribution in [2.45, 2.75) is 68.0 Å². The van der Waals surface area contributed by atoms with E-state index >= 15 is 0 Å². The molecule has 2 fully saturated rings. The lowest BCUT2D eigenvalue weighted by atomic mass is 9.80. The van der Waals surface area contributed by atoms with Gasteiger partial charge in [0.05, 0.1) is 10.9 Å². The topological polar surface area (TPSA) is 46.5 Å². The second-order valence-corrected chi connectivity index (χ2v) is 6.97. The third-order valence-electron chi connectivity index (χ3n) is 3.96. The molecule has 98 valence electrons. The molecule has 0 aromatic carbocycles. The Kier molecular flexibility index (Phi) is 4.36. The highest BCUT2D eigenvalue weighted by Gasteiger charge is 2.39. The Morgan fingerprint density at radius 1 is 1.41 bits per heavy atom. The van der Waals surface area contributed by atoms with Gasteiger partial charge in [-0.05, 0) is 32.6 Å². The number of hydrogen-bond acceptors (Lipinski definition) is 3. The van der Waals surface area contributed by atoms with Gasteiger partial charge >= 0.3 is 5.97 Å². The van der Waals surface area contributed by atoms with Crippen molar-refractivity contribution in [3.8, 4) is 0 Å². The fourth-order valence-corrected chi connectivity index (χ4v) is 4.32. The Balaban J connectivity index is 1.90. The summed E-state index contributed by atoms with van der Waals surface area (Å²) in [5.41, 5.74) is 0.0897. The van der Waals surface area contributed by atoms with Crippen LogP contribution >= 0.6 is 11.8 Å². The number of carboxylic acid groups (broad SMARTS) is 1. The summed E-state index contributed by atoms with van der Waals surface area (Å²) in [6.07, 6.45) is 8.27. The minimum absolute atomic E-state index is 0.0897. The number of thioether (sulfide) groups is 1. The molecule has 2 aliphatic rings. The summed E-state index contributed by atoms with van der Waals surface area (Å²) in [4.78, 5) is 10.9. The van der Waals surface area contributed by atoms with Gasteiger partial charge in [0, 0.05) is 11.9 Å². The maximum Gasteiger partial charge on any atom is 0.316 e. The molecule has 1 saturated heterocycles. The maximum absolute atomic E-state index is 10.9. The third kappa shape index (κ3) is 3.38. The maximum atomic E-state index is 10.9. The molecule has 2 unspecified atom stereocenters. The van der Waals surface area contributed by atoms with Crippen molar-refractivity contribution in [3.05, 3.63) is 0 Å². The molecule has 1 spiro atoms. The molecule has 0 radical (unpaired) electrons. The Morgan fingerprint density at radius 3 is 2.76 bits per heavy atom. The van der Waals surface area contributed by atoms with E-state index in [1.165, 1.54) is 32.1 Å². The monoisotopic (exact) mass is 258 g/mol. The minimum atomic E-state index is -0.695. The molecule has 0 aromatic rings. The van der Waals surface area contributed by atoms with Crippen LogP contribution in [0, 0.1) is 0 Å². The van der Waals surface area contributed by atoms with Crippen LogP contribution in [-0.4, -0.2) is 33.8 Å². The zero-order valence-electron chi connectivity index (χ0n) is 10.5. The molecule has 1 aliphatic carbocycles. The third-order valence-corrected chi connectivity index (χ3v) is 5.35. The zero-order chi connectivity index (χ0) is 12.3. The molecule has 1 N–H and O–H groups in total. The molecule has 1 heterocycles. The zero-order valence-corrected chi connectivity index (χ0v) is 11.3. The number of carbonyl (C=O) groups is 1. The van der Waals surface area contributed by atoms with E-state index in [1.807, 2.05) is 0 Å². The summed E-state index contributed by atoms with van der Waals surface area (Å²) >= 11 is 1.62. The van der Waals surface area contributed by atoms with Gasteiger partial charge in [-0.3, -0.25) is 4.79 Å². The van der Waals surface area contributed by atoms with Crippen molar-refractivity contribution in [3.63, 3.8) is 0 Å². The van der Waals surface area contributed by atoms with Crippen LogP contribution in [0.2, 0.25) is 0 Å². The summed E-state index contributed by atoms with van der Waals surface area (Å²) in [7, 11) is 0. The van der Waals surface area contributed by atoms with E-state index in [0.29, 0.717) is 5.25 Å². The average Bonchev–Trinajstić information content (AvgIpc) is 2.30. The quantitative estimate of drug-likeness (QED) is 0.845. The fourth-order valence-electron chi connectivity index (χ4n) is 2.99. The van der Waals surface area contributed by atoms with Gasteiger partial charge in [0.2, 0.25) is 0 Å². The summed E-state index contributed by atoms with van der Waals surface area (Å²) in [5, 5.41) is 9.14. The molecule has 2 rings (SSSR count). The summed E-state index contributed by atoms with van der Waals surface area (Å²) in [5.74, 6) is -0.695. The predicted molar refractivity (Wildman–Crippen MR) is 69.5 cm³/mol. The van der Waals surface area contributed by atoms with E-state index in [9.17, 15) is 4.79 Å². The van der Waals surface area contributed by atoms with E-state index in [2.05, 4.69) is 0 Å². The standard InChI is InChI=1S/C13H22O3S/c1-10(12(14)15)17-11-5-8-16-13(9-11)6-3-2-4-7-13/h10-11H,2-9H2,1H3,(H,14,15). The molecular formula is C13H22O3S. The van der Waals surface area contributed by atoms with Crippen molar-refractivity contribution in [2.24, 2.45) is 0 Å². The molecule has 0 amide bonds. The lowest BCUT2D eigenvalue weighted by molar-refractivity contribution is -0.136. The number of hydrogen-bond donors (Lipinski definition) is 1. The lowest BCUT2D eigenvalue weighted by Gasteiger charge is -2.43. The molecule has 4 heteroatoms. The van der Waals surface area contributed by atoms with Crippen LogP contribution in [0.15, 0.2) is 0 Å². The van der Waals surface area contributed by atoms with Gasteiger partial charge in [0.1, 0.15) is 0 Å². The van der Waals surface area contributed by atoms with Crippen LogP contribution in [0.25, 0.3) is 0 Å². The Bertz CT molecular complexity index is 268. The molecule has 1 saturated carbocycles. The van der Waals surface area contributed by atoms with Crippen molar-refractivity contribution >= 4 is 17.7 Å². The highest BCUT2D eigenvalue weighted by Crippen LogP contribution is 2.42. The van der Waals surface area contributed by atoms with E-state index in [4.69, 9.17) is 9.84 Å². The van der Waals surface area contributed by atoms with Crippen molar-refractivity contribution < 1.29 is 14.6 Å². The number of carboxylic acids is 1. The highest BCUT2D eigenvalue weighted by atomic mass is 32.2. The van der Waals surface area contributed by atoms with E-state index in [1.54, 1.807) is 18.7 Å². The van der Waals surface area contributed by atoms with Gasteiger partial charge in [-0.25, -0.2) is 0 Å². The van der Waals surface area contributed by atoms with Crippen molar-refractivity contribution in [2.75, 3.05) is 6.61 Å². The summed E-state index contributed by atoms with van der Waals surface area (Å²) in [6, 6.07) is 0. The highest BCUT2D eigenvalue weighted by molar-refractivity contribution is 8.01. The SMILES string of the molecule is CC(SC1CCOC2(CCCCC2)C1)C(=O)O. The Hall–Kier alpha value is -0.220. The predicted octanol–water partition coefficient (Wildman–Crippen LogP) is 3.07. The lowest BCUT2D eigenvalue weighted by Crippen LogP contribution is -2.43. The molecule has 3 nitrogen and oxygen atoms in total. The molecule has 0 bridgehead atoms. The number of ether oxygens (including phenoxy) is 1. The van der Waals surface area contributed by atoms with Crippen LogP contribution in [0.3, 0.4) is 0 Å². The van der Waals surface area contributed by atoms with Gasteiger partial charge in [-0.1, -0.05) is 19.3 Å². The van der Waals surface area contributed by atoms with Crippen molar-refractivity contribution in [1.82, 2.24) is 0 Å². The van der Waals surface area contributed by atoms with Crippen molar-refractivity contribution in [1.29, 1.82) is 0 Å². The summed E-state index contributed by atoms with van der Waals surface area (Å²) < 4.78 is 6.02. The first-order valence-corrected chi connectivity index (χ1v) is 7.58. The largest absolute Gasteiger partial charge is 0.480 e. The number of rotatable bonds is 3. The fraction of sp³-hybridized carbons (Fsp3) is 0.923. The van der Waals surface area contributed by atoms with E-state index < -0.39 is 5.97 Å². The van der Waals surface area contributed by atoms with E-state index in [-0.39, 0.29) is 10.9 Å². The number of aliphatic carboxylic acids is 1. The smallest absolute Gasteiger partial charge is 0.316 e. The molecule has 1 aliphatic heterocycles. The van der Waals surface area contributed by atoms with Gasteiger partial charge in [-0.15, -0.1) is 11.8 Å². The molecule has 17 heavy (non-hydrogen) atoms. The normalized spacial score (nSPS) is 30.1. The van der Waals surface area contributed by atoms with Crippen LogP contribution in [-0.2, 0) is 9.53 Å². The Morgan fingerprint density at radius 2 is 2.12 bits per heavy atom. The van der Waals surface area contributed by atoms with Gasteiger partial charge in [0.25, 0.3) is 0 Å². The average molecular weight is 258 g/mol. The van der Waals surface area contributed by atoms with Crippen LogP contribution in [0.1, 0.15) is 51.9 Å². The molecular weight excluding hydrogens is 236 g/mol. The second-order valence-electron chi connectivity index (χ2n) is 5.32. The first-order chi connectivity index (χ1) is 8.11.